The molecule has 0 spiro atoms. The van der Waals surface area contributed by atoms with Gasteiger partial charge in [0.05, 0.1) is 25.4 Å². The number of methoxy groups -OCH3 is 1. The van der Waals surface area contributed by atoms with Crippen molar-refractivity contribution in [1.29, 1.82) is 0 Å². The lowest BCUT2D eigenvalue weighted by Gasteiger charge is -2.49. The van der Waals surface area contributed by atoms with Crippen LogP contribution < -0.4 is 4.74 Å². The zero-order chi connectivity index (χ0) is 32.5. The molecule has 1 saturated heterocycles. The number of hydrogen-bond acceptors (Lipinski definition) is 6. The average molecular weight is 637 g/mol. The van der Waals surface area contributed by atoms with Gasteiger partial charge in [0.1, 0.15) is 12.0 Å². The Morgan fingerprint density at radius 3 is 1.72 bits per heavy atom. The quantitative estimate of drug-likeness (QED) is 0.118. The number of aldehydes is 1. The average Bonchev–Trinajstić information content (AvgIpc) is 3.03. The second kappa shape index (κ2) is 17.0. The topological polar surface area (TPSA) is 63.2 Å². The van der Waals surface area contributed by atoms with Gasteiger partial charge in [-0.3, -0.25) is 0 Å². The maximum atomic E-state index is 12.3. The molecule has 0 unspecified atom stereocenters. The first-order valence-corrected chi connectivity index (χ1v) is 22.0. The molecule has 8 heteroatoms. The number of carbonyl (C=O) groups excluding carboxylic acids is 1. The fourth-order valence-electron chi connectivity index (χ4n) is 7.24. The lowest BCUT2D eigenvalue weighted by atomic mass is 9.78. The maximum Gasteiger partial charge on any atom is 0.195 e. The van der Waals surface area contributed by atoms with Crippen LogP contribution in [-0.2, 0) is 23.1 Å². The van der Waals surface area contributed by atoms with Gasteiger partial charge in [0.2, 0.25) is 0 Å². The molecule has 43 heavy (non-hydrogen) atoms. The smallest absolute Gasteiger partial charge is 0.195 e. The first-order valence-electron chi connectivity index (χ1n) is 17.1. The molecule has 1 aromatic rings. The molecule has 1 aromatic carbocycles. The highest BCUT2D eigenvalue weighted by atomic mass is 28.4. The highest BCUT2D eigenvalue weighted by Gasteiger charge is 2.48. The highest BCUT2D eigenvalue weighted by Crippen LogP contribution is 2.44. The van der Waals surface area contributed by atoms with Gasteiger partial charge in [-0.05, 0) is 54.8 Å². The normalized spacial score (nSPS) is 25.2. The molecule has 1 fully saturated rings. The Morgan fingerprint density at radius 2 is 1.30 bits per heavy atom. The Bertz CT molecular complexity index is 940. The van der Waals surface area contributed by atoms with Crippen LogP contribution in [0, 0.1) is 23.7 Å². The number of hydrogen-bond donors (Lipinski definition) is 0. The molecule has 0 radical (unpaired) electrons. The van der Waals surface area contributed by atoms with Crippen molar-refractivity contribution in [2.75, 3.05) is 7.11 Å². The lowest BCUT2D eigenvalue weighted by Crippen LogP contribution is -2.55. The molecule has 6 nitrogen and oxygen atoms in total. The zero-order valence-electron chi connectivity index (χ0n) is 29.6. The van der Waals surface area contributed by atoms with Crippen molar-refractivity contribution in [3.05, 3.63) is 29.8 Å². The monoisotopic (exact) mass is 636 g/mol. The first kappa shape index (κ1) is 38.1. The van der Waals surface area contributed by atoms with Crippen molar-refractivity contribution >= 4 is 22.9 Å². The Balaban J connectivity index is 2.52. The molecule has 2 rings (SSSR count). The molecular weight excluding hydrogens is 573 g/mol. The van der Waals surface area contributed by atoms with E-state index in [0.717, 1.165) is 47.8 Å². The summed E-state index contributed by atoms with van der Waals surface area (Å²) in [6, 6.07) is 13.3. The number of benzene rings is 1. The molecule has 0 bridgehead atoms. The van der Waals surface area contributed by atoms with Gasteiger partial charge >= 0.3 is 0 Å². The molecular formula is C35H64O6Si2. The van der Waals surface area contributed by atoms with Gasteiger partial charge in [-0.2, -0.15) is 0 Å². The van der Waals surface area contributed by atoms with E-state index in [1.807, 2.05) is 31.2 Å². The van der Waals surface area contributed by atoms with Crippen LogP contribution in [0.2, 0.25) is 35.8 Å². The van der Waals surface area contributed by atoms with Gasteiger partial charge in [0.15, 0.2) is 22.9 Å². The van der Waals surface area contributed by atoms with Crippen LogP contribution in [0.25, 0.3) is 0 Å². The number of rotatable bonds is 18. The van der Waals surface area contributed by atoms with Crippen molar-refractivity contribution in [2.45, 2.75) is 150 Å². The Morgan fingerprint density at radius 1 is 0.791 bits per heavy atom. The van der Waals surface area contributed by atoms with Crippen LogP contribution in [0.5, 0.6) is 5.75 Å². The van der Waals surface area contributed by atoms with Crippen LogP contribution in [0.1, 0.15) is 94.9 Å². The molecule has 248 valence electrons. The summed E-state index contributed by atoms with van der Waals surface area (Å²) >= 11 is 0. The summed E-state index contributed by atoms with van der Waals surface area (Å²) in [7, 11) is -2.20. The lowest BCUT2D eigenvalue weighted by molar-refractivity contribution is -0.298. The van der Waals surface area contributed by atoms with Crippen LogP contribution in [0.15, 0.2) is 24.3 Å². The van der Waals surface area contributed by atoms with Gasteiger partial charge in [-0.15, -0.1) is 0 Å². The van der Waals surface area contributed by atoms with Crippen LogP contribution in [0.3, 0.4) is 0 Å². The van der Waals surface area contributed by atoms with E-state index in [-0.39, 0.29) is 48.1 Å². The Labute approximate surface area is 266 Å². The van der Waals surface area contributed by atoms with E-state index >= 15 is 0 Å². The standard InChI is InChI=1S/C35H64O6Si2/c1-14-42(15-2,16-3)41-32(25(8)23-36)27(10)34-28(11)33(26(9)29(12)40-43(17-4,18-5)24(6)7)38-35(39-34)30-19-21-31(37-13)22-20-30/h19-29,32-35H,14-18H2,1-13H3/t25-,26-,27+,28+,29-,32-,33-,34+,35-/m0/s1. The minimum Gasteiger partial charge on any atom is -0.497 e. The van der Waals surface area contributed by atoms with Gasteiger partial charge in [-0.1, -0.05) is 88.3 Å². The largest absolute Gasteiger partial charge is 0.497 e. The molecule has 0 saturated carbocycles. The van der Waals surface area contributed by atoms with E-state index in [2.05, 4.69) is 76.2 Å². The molecule has 0 aliphatic carbocycles. The SMILES string of the molecule is CC[Si](CC)(CC)O[C@H]([C@@H](C)[C@H]1O[C@@H](c2ccc(OC)cc2)O[C@@H]([C@@H](C)[C@H](C)O[Si](CC)(CC)C(C)C)[C@H]1C)[C@@H](C)C=O. The van der Waals surface area contributed by atoms with Gasteiger partial charge < -0.3 is 27.9 Å². The third-order valence-electron chi connectivity index (χ3n) is 11.0. The Kier molecular flexibility index (Phi) is 15.1. The zero-order valence-corrected chi connectivity index (χ0v) is 31.6. The summed E-state index contributed by atoms with van der Waals surface area (Å²) in [6.07, 6.45) is 0.123. The van der Waals surface area contributed by atoms with E-state index in [1.54, 1.807) is 7.11 Å². The van der Waals surface area contributed by atoms with Gasteiger partial charge in [0.25, 0.3) is 0 Å². The van der Waals surface area contributed by atoms with Crippen molar-refractivity contribution in [2.24, 2.45) is 23.7 Å². The van der Waals surface area contributed by atoms with E-state index in [9.17, 15) is 4.79 Å². The van der Waals surface area contributed by atoms with E-state index in [0.29, 0.717) is 5.54 Å². The molecule has 1 aliphatic rings. The van der Waals surface area contributed by atoms with Crippen molar-refractivity contribution in [1.82, 2.24) is 0 Å². The fraction of sp³-hybridized carbons (Fsp3) is 0.800. The molecule has 0 aromatic heterocycles. The molecule has 0 amide bonds. The first-order chi connectivity index (χ1) is 20.3. The molecule has 9 atom stereocenters. The van der Waals surface area contributed by atoms with Gasteiger partial charge in [-0.25, -0.2) is 0 Å². The van der Waals surface area contributed by atoms with E-state index < -0.39 is 22.9 Å². The predicted molar refractivity (Wildman–Crippen MR) is 183 cm³/mol. The predicted octanol–water partition coefficient (Wildman–Crippen LogP) is 9.41. The van der Waals surface area contributed by atoms with Crippen molar-refractivity contribution < 1.29 is 27.9 Å². The van der Waals surface area contributed by atoms with E-state index in [1.165, 1.54) is 0 Å². The third kappa shape index (κ3) is 8.82. The Hall–Kier alpha value is -1.04. The number of carbonyl (C=O) groups is 1. The third-order valence-corrected chi connectivity index (χ3v) is 21.0. The van der Waals surface area contributed by atoms with Crippen molar-refractivity contribution in [3.8, 4) is 5.75 Å². The summed E-state index contributed by atoms with van der Waals surface area (Å²) in [5.41, 5.74) is 1.51. The van der Waals surface area contributed by atoms with Gasteiger partial charge in [0, 0.05) is 35.3 Å². The molecule has 0 N–H and O–H groups in total. The minimum atomic E-state index is -1.98. The summed E-state index contributed by atoms with van der Waals surface area (Å²) in [6.45, 7) is 26.9. The summed E-state index contributed by atoms with van der Waals surface area (Å²) in [4.78, 5) is 12.3. The maximum absolute atomic E-state index is 12.3. The summed E-state index contributed by atoms with van der Waals surface area (Å²) in [5, 5.41) is 0. The summed E-state index contributed by atoms with van der Waals surface area (Å²) < 4.78 is 33.3. The van der Waals surface area contributed by atoms with Crippen molar-refractivity contribution in [3.63, 3.8) is 0 Å². The summed E-state index contributed by atoms with van der Waals surface area (Å²) in [5.74, 6) is 0.797. The molecule has 1 heterocycles. The second-order valence-corrected chi connectivity index (χ2v) is 23.1. The molecule has 1 aliphatic heterocycles. The second-order valence-electron chi connectivity index (χ2n) is 13.5. The fourth-order valence-corrected chi connectivity index (χ4v) is 13.9. The van der Waals surface area contributed by atoms with Crippen LogP contribution in [-0.4, -0.2) is 54.4 Å². The highest BCUT2D eigenvalue weighted by molar-refractivity contribution is 6.75. The number of ether oxygens (including phenoxy) is 3. The minimum absolute atomic E-state index is 0.00212. The van der Waals surface area contributed by atoms with E-state index in [4.69, 9.17) is 23.1 Å². The van der Waals surface area contributed by atoms with Crippen LogP contribution >= 0.6 is 0 Å². The van der Waals surface area contributed by atoms with Crippen LogP contribution in [0.4, 0.5) is 0 Å².